The van der Waals surface area contributed by atoms with Gasteiger partial charge in [0.1, 0.15) is 0 Å². The second-order valence-corrected chi connectivity index (χ2v) is 9.90. The number of rotatable bonds is 18. The molecule has 1 atom stereocenters. The Bertz CT molecular complexity index is 1070. The first-order valence-electron chi connectivity index (χ1n) is 14.2. The van der Waals surface area contributed by atoms with Gasteiger partial charge in [-0.2, -0.15) is 0 Å². The second kappa shape index (κ2) is 17.2. The van der Waals surface area contributed by atoms with E-state index >= 15 is 0 Å². The Balaban J connectivity index is 1.40. The third-order valence-corrected chi connectivity index (χ3v) is 6.70. The average Bonchev–Trinajstić information content (AvgIpc) is 3.37. The van der Waals surface area contributed by atoms with Gasteiger partial charge in [-0.25, -0.2) is 4.98 Å². The SMILES string of the molecule is CCOC(=O)CCC(Cc1cn(CCCc2ccccc2)cn1)NC(=O)CCCCCCc1ccccc1. The zero-order valence-corrected chi connectivity index (χ0v) is 22.8. The highest BCUT2D eigenvalue weighted by molar-refractivity contribution is 5.76. The van der Waals surface area contributed by atoms with Gasteiger partial charge in [-0.1, -0.05) is 73.5 Å². The van der Waals surface area contributed by atoms with E-state index in [1.54, 1.807) is 6.92 Å². The van der Waals surface area contributed by atoms with Crippen molar-refractivity contribution in [2.45, 2.75) is 90.1 Å². The molecule has 38 heavy (non-hydrogen) atoms. The van der Waals surface area contributed by atoms with Gasteiger partial charge < -0.3 is 14.6 Å². The van der Waals surface area contributed by atoms with Crippen molar-refractivity contribution < 1.29 is 14.3 Å². The molecule has 3 aromatic rings. The largest absolute Gasteiger partial charge is 0.466 e. The van der Waals surface area contributed by atoms with Crippen molar-refractivity contribution in [2.75, 3.05) is 6.61 Å². The molecule has 0 radical (unpaired) electrons. The monoisotopic (exact) mass is 517 g/mol. The number of hydrogen-bond donors (Lipinski definition) is 1. The number of benzene rings is 2. The van der Waals surface area contributed by atoms with Crippen molar-refractivity contribution >= 4 is 11.9 Å². The van der Waals surface area contributed by atoms with Crippen molar-refractivity contribution in [3.63, 3.8) is 0 Å². The highest BCUT2D eigenvalue weighted by Crippen LogP contribution is 2.12. The van der Waals surface area contributed by atoms with Crippen LogP contribution in [0.1, 0.15) is 75.1 Å². The van der Waals surface area contributed by atoms with Gasteiger partial charge in [-0.05, 0) is 56.6 Å². The lowest BCUT2D eigenvalue weighted by atomic mass is 10.0. The lowest BCUT2D eigenvalue weighted by Gasteiger charge is -2.18. The van der Waals surface area contributed by atoms with Crippen molar-refractivity contribution in [3.8, 4) is 0 Å². The van der Waals surface area contributed by atoms with Gasteiger partial charge >= 0.3 is 5.97 Å². The fourth-order valence-electron chi connectivity index (χ4n) is 4.66. The third kappa shape index (κ3) is 11.8. The molecule has 0 aliphatic carbocycles. The van der Waals surface area contributed by atoms with E-state index in [4.69, 9.17) is 4.74 Å². The van der Waals surface area contributed by atoms with E-state index in [0.717, 1.165) is 57.2 Å². The minimum absolute atomic E-state index is 0.0456. The van der Waals surface area contributed by atoms with Gasteiger partial charge in [0.05, 0.1) is 18.6 Å². The van der Waals surface area contributed by atoms with Crippen LogP contribution in [0.5, 0.6) is 0 Å². The molecule has 0 saturated carbocycles. The molecule has 1 heterocycles. The summed E-state index contributed by atoms with van der Waals surface area (Å²) in [4.78, 5) is 29.2. The number of amides is 1. The number of unbranched alkanes of at least 4 members (excludes halogenated alkanes) is 3. The van der Waals surface area contributed by atoms with Crippen molar-refractivity contribution in [2.24, 2.45) is 0 Å². The Morgan fingerprint density at radius 3 is 2.21 bits per heavy atom. The maximum absolute atomic E-state index is 12.7. The van der Waals surface area contributed by atoms with Crippen LogP contribution in [0.3, 0.4) is 0 Å². The van der Waals surface area contributed by atoms with Crippen LogP contribution < -0.4 is 5.32 Å². The van der Waals surface area contributed by atoms with E-state index in [-0.39, 0.29) is 24.3 Å². The first-order chi connectivity index (χ1) is 18.6. The van der Waals surface area contributed by atoms with E-state index in [0.29, 0.717) is 25.9 Å². The summed E-state index contributed by atoms with van der Waals surface area (Å²) in [7, 11) is 0. The van der Waals surface area contributed by atoms with Crippen LogP contribution in [-0.4, -0.2) is 34.1 Å². The molecule has 0 fully saturated rings. The normalized spacial score (nSPS) is 11.7. The number of nitrogens with zero attached hydrogens (tertiary/aromatic N) is 2. The highest BCUT2D eigenvalue weighted by atomic mass is 16.5. The van der Waals surface area contributed by atoms with Crippen molar-refractivity contribution in [1.82, 2.24) is 14.9 Å². The van der Waals surface area contributed by atoms with Gasteiger partial charge in [-0.3, -0.25) is 9.59 Å². The Labute approximate surface area is 227 Å². The standard InChI is InChI=1S/C32H43N3O3/c1-2-38-32(37)22-21-29(34-31(36)20-12-4-3-7-14-27-15-8-5-9-16-27)24-30-25-35(26-33-30)23-13-19-28-17-10-6-11-18-28/h5-6,8-11,15-18,25-26,29H,2-4,7,12-14,19-24H2,1H3,(H,34,36). The van der Waals surface area contributed by atoms with E-state index in [2.05, 4.69) is 69.6 Å². The molecule has 0 aliphatic rings. The number of nitrogens with one attached hydrogen (secondary N) is 1. The molecular formula is C32H43N3O3. The molecular weight excluding hydrogens is 474 g/mol. The molecule has 0 spiro atoms. The van der Waals surface area contributed by atoms with Crippen LogP contribution in [0, 0.1) is 0 Å². The summed E-state index contributed by atoms with van der Waals surface area (Å²) in [5, 5.41) is 3.16. The second-order valence-electron chi connectivity index (χ2n) is 9.90. The summed E-state index contributed by atoms with van der Waals surface area (Å²) in [6, 6.07) is 20.9. The van der Waals surface area contributed by atoms with Crippen molar-refractivity contribution in [3.05, 3.63) is 90.0 Å². The summed E-state index contributed by atoms with van der Waals surface area (Å²) in [6.07, 6.45) is 13.2. The number of hydrogen-bond acceptors (Lipinski definition) is 4. The fourth-order valence-corrected chi connectivity index (χ4v) is 4.66. The summed E-state index contributed by atoms with van der Waals surface area (Å²) < 4.78 is 7.20. The van der Waals surface area contributed by atoms with Crippen LogP contribution in [0.4, 0.5) is 0 Å². The Morgan fingerprint density at radius 1 is 0.868 bits per heavy atom. The minimum atomic E-state index is -0.225. The molecule has 6 nitrogen and oxygen atoms in total. The van der Waals surface area contributed by atoms with Crippen LogP contribution in [-0.2, 0) is 40.1 Å². The fraction of sp³-hybridized carbons (Fsp3) is 0.469. The number of imidazole rings is 1. The topological polar surface area (TPSA) is 73.2 Å². The molecule has 0 bridgehead atoms. The molecule has 0 saturated heterocycles. The number of esters is 1. The average molecular weight is 518 g/mol. The van der Waals surface area contributed by atoms with Crippen LogP contribution >= 0.6 is 0 Å². The van der Waals surface area contributed by atoms with Gasteiger partial charge in [0, 0.05) is 38.0 Å². The molecule has 6 heteroatoms. The quantitative estimate of drug-likeness (QED) is 0.164. The highest BCUT2D eigenvalue weighted by Gasteiger charge is 2.17. The summed E-state index contributed by atoms with van der Waals surface area (Å²) >= 11 is 0. The van der Waals surface area contributed by atoms with Gasteiger partial charge in [0.15, 0.2) is 0 Å². The molecule has 3 rings (SSSR count). The van der Waals surface area contributed by atoms with Crippen LogP contribution in [0.2, 0.25) is 0 Å². The lowest BCUT2D eigenvalue weighted by Crippen LogP contribution is -2.37. The number of carbonyl (C=O) groups is 2. The number of ether oxygens (including phenoxy) is 1. The van der Waals surface area contributed by atoms with E-state index in [9.17, 15) is 9.59 Å². The molecule has 0 aliphatic heterocycles. The molecule has 204 valence electrons. The predicted molar refractivity (Wildman–Crippen MR) is 152 cm³/mol. The summed E-state index contributed by atoms with van der Waals surface area (Å²) in [5.74, 6) is -0.180. The third-order valence-electron chi connectivity index (χ3n) is 6.70. The first kappa shape index (κ1) is 29.2. The van der Waals surface area contributed by atoms with E-state index in [1.807, 2.05) is 18.5 Å². The van der Waals surface area contributed by atoms with Crippen molar-refractivity contribution in [1.29, 1.82) is 0 Å². The molecule has 2 aromatic carbocycles. The maximum Gasteiger partial charge on any atom is 0.305 e. The van der Waals surface area contributed by atoms with E-state index in [1.165, 1.54) is 11.1 Å². The van der Waals surface area contributed by atoms with Gasteiger partial charge in [-0.15, -0.1) is 0 Å². The van der Waals surface area contributed by atoms with E-state index < -0.39 is 0 Å². The molecule has 1 N–H and O–H groups in total. The molecule has 1 unspecified atom stereocenters. The van der Waals surface area contributed by atoms with Crippen LogP contribution in [0.15, 0.2) is 73.2 Å². The van der Waals surface area contributed by atoms with Crippen LogP contribution in [0.25, 0.3) is 0 Å². The summed E-state index contributed by atoms with van der Waals surface area (Å²) in [6.45, 7) is 3.07. The number of aryl methyl sites for hydroxylation is 3. The van der Waals surface area contributed by atoms with Gasteiger partial charge in [0.25, 0.3) is 0 Å². The molecule has 1 amide bonds. The Hall–Kier alpha value is -3.41. The Kier molecular flexibility index (Phi) is 13.2. The summed E-state index contributed by atoms with van der Waals surface area (Å²) in [5.41, 5.74) is 3.64. The zero-order chi connectivity index (χ0) is 26.8. The maximum atomic E-state index is 12.7. The smallest absolute Gasteiger partial charge is 0.305 e. The van der Waals surface area contributed by atoms with Gasteiger partial charge in [0.2, 0.25) is 5.91 Å². The lowest BCUT2D eigenvalue weighted by molar-refractivity contribution is -0.143. The predicted octanol–water partition coefficient (Wildman–Crippen LogP) is 6.08. The molecule has 1 aromatic heterocycles. The first-order valence-corrected chi connectivity index (χ1v) is 14.2. The number of carbonyl (C=O) groups excluding carboxylic acids is 2. The Morgan fingerprint density at radius 2 is 1.53 bits per heavy atom. The minimum Gasteiger partial charge on any atom is -0.466 e. The zero-order valence-electron chi connectivity index (χ0n) is 22.8. The number of aromatic nitrogens is 2.